The van der Waals surface area contributed by atoms with Crippen LogP contribution < -0.4 is 15.5 Å². The maximum Gasteiger partial charge on any atom is 0.191 e. The fraction of sp³-hybridized carbons (Fsp3) is 0.640. The van der Waals surface area contributed by atoms with E-state index in [-0.39, 0.29) is 24.0 Å². The number of rotatable bonds is 6. The number of piperidine rings is 1. The number of aliphatic imine (C=N–C) groups is 1. The molecule has 5 nitrogen and oxygen atoms in total. The van der Waals surface area contributed by atoms with Gasteiger partial charge in [0, 0.05) is 50.5 Å². The topological polar surface area (TPSA) is 42.9 Å². The van der Waals surface area contributed by atoms with Crippen molar-refractivity contribution in [1.29, 1.82) is 0 Å². The molecule has 0 amide bonds. The van der Waals surface area contributed by atoms with E-state index in [9.17, 15) is 0 Å². The monoisotopic (exact) mass is 537 g/mol. The Bertz CT molecular complexity index is 695. The summed E-state index contributed by atoms with van der Waals surface area (Å²) >= 11 is 0. The summed E-state index contributed by atoms with van der Waals surface area (Å²) < 4.78 is 0. The van der Waals surface area contributed by atoms with Crippen LogP contribution in [-0.2, 0) is 6.54 Å². The first-order valence-corrected chi connectivity index (χ1v) is 12.1. The summed E-state index contributed by atoms with van der Waals surface area (Å²) in [7, 11) is 0. The summed E-state index contributed by atoms with van der Waals surface area (Å²) in [5, 5.41) is 7.14. The van der Waals surface area contributed by atoms with Crippen LogP contribution >= 0.6 is 24.0 Å². The Morgan fingerprint density at radius 1 is 0.968 bits per heavy atom. The quantitative estimate of drug-likeness (QED) is 0.242. The van der Waals surface area contributed by atoms with Gasteiger partial charge in [0.15, 0.2) is 5.96 Å². The molecule has 4 rings (SSSR count). The van der Waals surface area contributed by atoms with E-state index in [4.69, 9.17) is 4.99 Å². The molecule has 0 unspecified atom stereocenters. The SMILES string of the molecule is CCNC(=NCc1ccc(N2CC=CC2)cc1)NC1CCN(C2CCCCC2)CC1.I. The molecule has 0 bridgehead atoms. The van der Waals surface area contributed by atoms with Crippen LogP contribution in [0.4, 0.5) is 5.69 Å². The lowest BCUT2D eigenvalue weighted by Crippen LogP contribution is -2.50. The molecule has 2 heterocycles. The Morgan fingerprint density at radius 2 is 1.65 bits per heavy atom. The van der Waals surface area contributed by atoms with Crippen molar-refractivity contribution in [3.8, 4) is 0 Å². The van der Waals surface area contributed by atoms with Crippen LogP contribution in [0.2, 0.25) is 0 Å². The zero-order valence-electron chi connectivity index (χ0n) is 19.1. The second-order valence-electron chi connectivity index (χ2n) is 8.98. The summed E-state index contributed by atoms with van der Waals surface area (Å²) in [5.74, 6) is 0.960. The average molecular weight is 538 g/mol. The van der Waals surface area contributed by atoms with Crippen molar-refractivity contribution in [2.75, 3.05) is 37.6 Å². The minimum absolute atomic E-state index is 0. The summed E-state index contributed by atoms with van der Waals surface area (Å²) in [4.78, 5) is 9.99. The van der Waals surface area contributed by atoms with Crippen LogP contribution in [0.1, 0.15) is 57.4 Å². The zero-order valence-corrected chi connectivity index (χ0v) is 21.4. The highest BCUT2D eigenvalue weighted by Gasteiger charge is 2.26. The molecule has 31 heavy (non-hydrogen) atoms. The predicted molar refractivity (Wildman–Crippen MR) is 143 cm³/mol. The van der Waals surface area contributed by atoms with Crippen molar-refractivity contribution in [3.05, 3.63) is 42.0 Å². The molecule has 1 aromatic rings. The van der Waals surface area contributed by atoms with Crippen LogP contribution in [0.3, 0.4) is 0 Å². The number of hydrogen-bond acceptors (Lipinski definition) is 3. The fourth-order valence-corrected chi connectivity index (χ4v) is 5.04. The van der Waals surface area contributed by atoms with Gasteiger partial charge in [0.25, 0.3) is 0 Å². The van der Waals surface area contributed by atoms with E-state index in [1.807, 2.05) is 0 Å². The van der Waals surface area contributed by atoms with E-state index < -0.39 is 0 Å². The maximum absolute atomic E-state index is 4.87. The Hall–Kier alpha value is -1.28. The summed E-state index contributed by atoms with van der Waals surface area (Å²) in [6.07, 6.45) is 14.0. The number of anilines is 1. The van der Waals surface area contributed by atoms with Gasteiger partial charge in [-0.05, 0) is 50.3 Å². The average Bonchev–Trinajstić information content (AvgIpc) is 3.34. The first kappa shape index (κ1) is 24.4. The molecule has 172 valence electrons. The van der Waals surface area contributed by atoms with Crippen molar-refractivity contribution in [2.24, 2.45) is 4.99 Å². The van der Waals surface area contributed by atoms with Gasteiger partial charge in [0.2, 0.25) is 0 Å². The minimum atomic E-state index is 0. The second kappa shape index (κ2) is 12.7. The Morgan fingerprint density at radius 3 is 2.29 bits per heavy atom. The number of nitrogens with zero attached hydrogens (tertiary/aromatic N) is 3. The molecule has 3 aliphatic rings. The van der Waals surface area contributed by atoms with Gasteiger partial charge in [0.05, 0.1) is 6.54 Å². The van der Waals surface area contributed by atoms with Gasteiger partial charge in [0.1, 0.15) is 0 Å². The van der Waals surface area contributed by atoms with Crippen LogP contribution in [0.15, 0.2) is 41.4 Å². The number of benzene rings is 1. The van der Waals surface area contributed by atoms with Gasteiger partial charge in [-0.25, -0.2) is 4.99 Å². The minimum Gasteiger partial charge on any atom is -0.364 e. The van der Waals surface area contributed by atoms with Crippen LogP contribution in [0, 0.1) is 0 Å². The smallest absolute Gasteiger partial charge is 0.191 e. The normalized spacial score (nSPS) is 21.2. The standard InChI is InChI=1S/C25H39N5.HI/c1-2-26-25(27-20-21-10-12-24(13-11-21)29-16-6-7-17-29)28-22-14-18-30(19-15-22)23-8-4-3-5-9-23;/h6-7,10-13,22-23H,2-5,8-9,14-20H2,1H3,(H2,26,27,28);1H. The first-order valence-electron chi connectivity index (χ1n) is 12.1. The van der Waals surface area contributed by atoms with Gasteiger partial charge in [-0.3, -0.25) is 0 Å². The Kier molecular flexibility index (Phi) is 9.96. The highest BCUT2D eigenvalue weighted by atomic mass is 127. The summed E-state index contributed by atoms with van der Waals surface area (Å²) in [6, 6.07) is 10.2. The number of halogens is 1. The van der Waals surface area contributed by atoms with Crippen LogP contribution in [-0.4, -0.2) is 55.7 Å². The van der Waals surface area contributed by atoms with Gasteiger partial charge >= 0.3 is 0 Å². The van der Waals surface area contributed by atoms with Crippen molar-refractivity contribution in [1.82, 2.24) is 15.5 Å². The molecule has 0 spiro atoms. The lowest BCUT2D eigenvalue weighted by molar-refractivity contribution is 0.119. The van der Waals surface area contributed by atoms with Crippen molar-refractivity contribution >= 4 is 35.6 Å². The van der Waals surface area contributed by atoms with Crippen molar-refractivity contribution in [2.45, 2.75) is 70.5 Å². The fourth-order valence-electron chi connectivity index (χ4n) is 5.04. The third-order valence-corrected chi connectivity index (χ3v) is 6.85. The van der Waals surface area contributed by atoms with E-state index in [1.165, 1.54) is 69.3 Å². The molecule has 0 aromatic heterocycles. The van der Waals surface area contributed by atoms with Gasteiger partial charge < -0.3 is 20.4 Å². The van der Waals surface area contributed by atoms with E-state index in [1.54, 1.807) is 0 Å². The van der Waals surface area contributed by atoms with Gasteiger partial charge in [-0.1, -0.05) is 43.5 Å². The zero-order chi connectivity index (χ0) is 20.6. The first-order chi connectivity index (χ1) is 14.8. The van der Waals surface area contributed by atoms with Gasteiger partial charge in [-0.15, -0.1) is 24.0 Å². The lowest BCUT2D eigenvalue weighted by Gasteiger charge is -2.39. The van der Waals surface area contributed by atoms with E-state index in [0.717, 1.165) is 38.2 Å². The van der Waals surface area contributed by atoms with Gasteiger partial charge in [-0.2, -0.15) is 0 Å². The molecule has 2 N–H and O–H groups in total. The third kappa shape index (κ3) is 7.11. The van der Waals surface area contributed by atoms with Crippen LogP contribution in [0.25, 0.3) is 0 Å². The highest BCUT2D eigenvalue weighted by molar-refractivity contribution is 14.0. The summed E-state index contributed by atoms with van der Waals surface area (Å²) in [5.41, 5.74) is 2.55. The molecule has 1 aromatic carbocycles. The molecule has 2 aliphatic heterocycles. The largest absolute Gasteiger partial charge is 0.364 e. The second-order valence-corrected chi connectivity index (χ2v) is 8.98. The number of nitrogens with one attached hydrogen (secondary N) is 2. The Balaban J connectivity index is 0.00000272. The van der Waals surface area contributed by atoms with Crippen LogP contribution in [0.5, 0.6) is 0 Å². The molecule has 6 heteroatoms. The van der Waals surface area contributed by atoms with E-state index >= 15 is 0 Å². The highest BCUT2D eigenvalue weighted by Crippen LogP contribution is 2.25. The number of guanidine groups is 1. The molecule has 1 saturated heterocycles. The Labute approximate surface area is 205 Å². The van der Waals surface area contributed by atoms with Crippen molar-refractivity contribution in [3.63, 3.8) is 0 Å². The third-order valence-electron chi connectivity index (χ3n) is 6.85. The molecule has 2 fully saturated rings. The van der Waals surface area contributed by atoms with E-state index in [2.05, 4.69) is 63.8 Å². The van der Waals surface area contributed by atoms with Crippen molar-refractivity contribution < 1.29 is 0 Å². The maximum atomic E-state index is 4.87. The molecule has 0 radical (unpaired) electrons. The van der Waals surface area contributed by atoms with E-state index in [0.29, 0.717) is 6.04 Å². The molecular formula is C25H40IN5. The molecule has 1 saturated carbocycles. The molecule has 1 aliphatic carbocycles. The molecular weight excluding hydrogens is 497 g/mol. The summed E-state index contributed by atoms with van der Waals surface area (Å²) in [6.45, 7) is 8.25. The lowest BCUT2D eigenvalue weighted by atomic mass is 9.92. The number of likely N-dealkylation sites (tertiary alicyclic amines) is 1. The number of hydrogen-bond donors (Lipinski definition) is 2. The molecule has 0 atom stereocenters. The predicted octanol–water partition coefficient (Wildman–Crippen LogP) is 4.53.